The number of rotatable bonds is 4. The maximum absolute atomic E-state index is 6.33. The fourth-order valence-corrected chi connectivity index (χ4v) is 2.56. The molecule has 3 rings (SSSR count). The van der Waals surface area contributed by atoms with E-state index in [4.69, 9.17) is 21.1 Å². The lowest BCUT2D eigenvalue weighted by Gasteiger charge is -2.22. The van der Waals surface area contributed by atoms with Gasteiger partial charge in [0, 0.05) is 19.1 Å². The van der Waals surface area contributed by atoms with Gasteiger partial charge in [-0.2, -0.15) is 5.10 Å². The molecular formula is C15H17ClN2O2. The van der Waals surface area contributed by atoms with E-state index < -0.39 is 0 Å². The van der Waals surface area contributed by atoms with Crippen LogP contribution in [-0.4, -0.2) is 23.0 Å². The molecule has 4 nitrogen and oxygen atoms in total. The van der Waals surface area contributed by atoms with Crippen LogP contribution in [0.4, 0.5) is 0 Å². The number of ether oxygens (including phenoxy) is 2. The Hall–Kier alpha value is -1.52. The number of halogens is 1. The van der Waals surface area contributed by atoms with E-state index in [1.54, 1.807) is 10.9 Å². The van der Waals surface area contributed by atoms with Gasteiger partial charge in [0.05, 0.1) is 12.8 Å². The first-order valence-electron chi connectivity index (χ1n) is 6.85. The lowest BCUT2D eigenvalue weighted by molar-refractivity contribution is 0.0470. The van der Waals surface area contributed by atoms with Crippen LogP contribution in [0, 0.1) is 5.92 Å². The van der Waals surface area contributed by atoms with Crippen molar-refractivity contribution in [2.24, 2.45) is 5.92 Å². The molecule has 1 unspecified atom stereocenters. The molecule has 0 N–H and O–H groups in total. The lowest BCUT2D eigenvalue weighted by atomic mass is 10.0. The summed E-state index contributed by atoms with van der Waals surface area (Å²) in [5, 5.41) is 4.85. The summed E-state index contributed by atoms with van der Waals surface area (Å²) in [6.45, 7) is 2.42. The van der Waals surface area contributed by atoms with E-state index in [0.29, 0.717) is 16.8 Å². The van der Waals surface area contributed by atoms with Crippen LogP contribution in [0.25, 0.3) is 0 Å². The minimum Gasteiger partial charge on any atom is -0.452 e. The van der Waals surface area contributed by atoms with E-state index in [9.17, 15) is 0 Å². The monoisotopic (exact) mass is 292 g/mol. The van der Waals surface area contributed by atoms with Crippen molar-refractivity contribution >= 4 is 11.6 Å². The molecule has 0 aliphatic carbocycles. The van der Waals surface area contributed by atoms with Crippen LogP contribution in [-0.2, 0) is 11.3 Å². The Morgan fingerprint density at radius 1 is 1.35 bits per heavy atom. The third-order valence-corrected chi connectivity index (χ3v) is 3.78. The van der Waals surface area contributed by atoms with Gasteiger partial charge in [-0.15, -0.1) is 0 Å². The Morgan fingerprint density at radius 3 is 2.95 bits per heavy atom. The summed E-state index contributed by atoms with van der Waals surface area (Å²) in [6.07, 6.45) is 3.93. The fraction of sp³-hybridized carbons (Fsp3) is 0.400. The van der Waals surface area contributed by atoms with Crippen molar-refractivity contribution in [1.29, 1.82) is 0 Å². The number of aromatic nitrogens is 2. The van der Waals surface area contributed by atoms with Gasteiger partial charge < -0.3 is 9.47 Å². The number of nitrogens with zero attached hydrogens (tertiary/aromatic N) is 2. The molecule has 1 saturated heterocycles. The van der Waals surface area contributed by atoms with Crippen molar-refractivity contribution in [3.05, 3.63) is 41.7 Å². The van der Waals surface area contributed by atoms with Gasteiger partial charge in [-0.1, -0.05) is 29.8 Å². The van der Waals surface area contributed by atoms with Crippen molar-refractivity contribution in [3.63, 3.8) is 0 Å². The average molecular weight is 293 g/mol. The van der Waals surface area contributed by atoms with E-state index >= 15 is 0 Å². The van der Waals surface area contributed by atoms with Gasteiger partial charge in [0.2, 0.25) is 0 Å². The first-order chi connectivity index (χ1) is 9.83. The molecule has 1 aliphatic heterocycles. The first kappa shape index (κ1) is 13.5. The molecule has 2 heterocycles. The van der Waals surface area contributed by atoms with Crippen molar-refractivity contribution in [2.45, 2.75) is 19.4 Å². The van der Waals surface area contributed by atoms with E-state index in [0.717, 1.165) is 38.3 Å². The Balaban J connectivity index is 1.68. The third-order valence-electron chi connectivity index (χ3n) is 3.40. The zero-order chi connectivity index (χ0) is 13.8. The number of hydrogen-bond donors (Lipinski definition) is 0. The summed E-state index contributed by atoms with van der Waals surface area (Å²) in [7, 11) is 0. The number of benzene rings is 1. The van der Waals surface area contributed by atoms with E-state index in [-0.39, 0.29) is 0 Å². The molecule has 1 aliphatic rings. The molecule has 0 saturated carbocycles. The van der Waals surface area contributed by atoms with Crippen LogP contribution in [0.3, 0.4) is 0 Å². The maximum Gasteiger partial charge on any atom is 0.184 e. The minimum atomic E-state index is 0.478. The van der Waals surface area contributed by atoms with Crippen LogP contribution in [0.2, 0.25) is 5.15 Å². The molecule has 1 aromatic heterocycles. The maximum atomic E-state index is 6.33. The van der Waals surface area contributed by atoms with Crippen molar-refractivity contribution in [2.75, 3.05) is 13.2 Å². The summed E-state index contributed by atoms with van der Waals surface area (Å²) < 4.78 is 13.0. The largest absolute Gasteiger partial charge is 0.452 e. The molecule has 1 fully saturated rings. The van der Waals surface area contributed by atoms with Crippen LogP contribution in [0.1, 0.15) is 12.8 Å². The normalized spacial score (nSPS) is 18.9. The quantitative estimate of drug-likeness (QED) is 0.861. The summed E-state index contributed by atoms with van der Waals surface area (Å²) in [6, 6.07) is 9.58. The van der Waals surface area contributed by atoms with Crippen LogP contribution < -0.4 is 4.74 Å². The highest BCUT2D eigenvalue weighted by molar-refractivity contribution is 6.31. The molecule has 2 aromatic rings. The first-order valence-corrected chi connectivity index (χ1v) is 7.22. The Kier molecular flexibility index (Phi) is 4.23. The van der Waals surface area contributed by atoms with Crippen LogP contribution in [0.15, 0.2) is 36.5 Å². The second kappa shape index (κ2) is 6.29. The predicted molar refractivity (Wildman–Crippen MR) is 77.3 cm³/mol. The van der Waals surface area contributed by atoms with Gasteiger partial charge in [0.25, 0.3) is 0 Å². The summed E-state index contributed by atoms with van der Waals surface area (Å²) in [5.74, 6) is 1.83. The average Bonchev–Trinajstić information content (AvgIpc) is 2.83. The highest BCUT2D eigenvalue weighted by atomic mass is 35.5. The number of para-hydroxylation sites is 1. The highest BCUT2D eigenvalue weighted by Gasteiger charge is 2.18. The summed E-state index contributed by atoms with van der Waals surface area (Å²) in [4.78, 5) is 0. The highest BCUT2D eigenvalue weighted by Crippen LogP contribution is 2.30. The molecule has 0 radical (unpaired) electrons. The smallest absolute Gasteiger partial charge is 0.184 e. The minimum absolute atomic E-state index is 0.478. The van der Waals surface area contributed by atoms with Crippen molar-refractivity contribution in [3.8, 4) is 11.5 Å². The molecule has 0 bridgehead atoms. The second-order valence-electron chi connectivity index (χ2n) is 4.98. The molecule has 20 heavy (non-hydrogen) atoms. The summed E-state index contributed by atoms with van der Waals surface area (Å²) >= 11 is 6.33. The molecule has 1 atom stereocenters. The molecule has 5 heteroatoms. The van der Waals surface area contributed by atoms with E-state index in [1.165, 1.54) is 0 Å². The lowest BCUT2D eigenvalue weighted by Crippen LogP contribution is -2.22. The van der Waals surface area contributed by atoms with Gasteiger partial charge in [0.15, 0.2) is 10.9 Å². The predicted octanol–water partition coefficient (Wildman–Crippen LogP) is 3.76. The standard InChI is InChI=1S/C15H17ClN2O2/c16-15-14(20-13-6-2-1-3-7-13)9-17-18(15)10-12-5-4-8-19-11-12/h1-3,6-7,9,12H,4-5,8,10-11H2. The fourth-order valence-electron chi connectivity index (χ4n) is 2.36. The van der Waals surface area contributed by atoms with E-state index in [2.05, 4.69) is 5.10 Å². The zero-order valence-corrected chi connectivity index (χ0v) is 11.9. The van der Waals surface area contributed by atoms with Gasteiger partial charge >= 0.3 is 0 Å². The van der Waals surface area contributed by atoms with Gasteiger partial charge in [-0.3, -0.25) is 4.68 Å². The van der Waals surface area contributed by atoms with Crippen LogP contribution in [0.5, 0.6) is 11.5 Å². The van der Waals surface area contributed by atoms with Crippen LogP contribution >= 0.6 is 11.6 Å². The van der Waals surface area contributed by atoms with Crippen molar-refractivity contribution in [1.82, 2.24) is 9.78 Å². The van der Waals surface area contributed by atoms with Crippen molar-refractivity contribution < 1.29 is 9.47 Å². The second-order valence-corrected chi connectivity index (χ2v) is 5.34. The van der Waals surface area contributed by atoms with Gasteiger partial charge in [-0.05, 0) is 25.0 Å². The molecule has 1 aromatic carbocycles. The SMILES string of the molecule is Clc1c(Oc2ccccc2)cnn1CC1CCCOC1. The molecule has 106 valence electrons. The zero-order valence-electron chi connectivity index (χ0n) is 11.2. The van der Waals surface area contributed by atoms with E-state index in [1.807, 2.05) is 30.3 Å². The Labute approximate surface area is 123 Å². The van der Waals surface area contributed by atoms with Gasteiger partial charge in [-0.25, -0.2) is 0 Å². The topological polar surface area (TPSA) is 36.3 Å². The Morgan fingerprint density at radius 2 is 2.20 bits per heavy atom. The number of hydrogen-bond acceptors (Lipinski definition) is 3. The molecule has 0 amide bonds. The summed E-state index contributed by atoms with van der Waals surface area (Å²) in [5.41, 5.74) is 0. The van der Waals surface area contributed by atoms with Gasteiger partial charge in [0.1, 0.15) is 5.75 Å². The molecular weight excluding hydrogens is 276 g/mol. The third kappa shape index (κ3) is 3.14. The molecule has 0 spiro atoms. The Bertz CT molecular complexity index is 550.